The lowest BCUT2D eigenvalue weighted by atomic mass is 9.71. The lowest BCUT2D eigenvalue weighted by molar-refractivity contribution is -0.155. The van der Waals surface area contributed by atoms with E-state index in [2.05, 4.69) is 0 Å². The number of esters is 1. The number of hydrogen-bond donors (Lipinski definition) is 1. The van der Waals surface area contributed by atoms with Crippen molar-refractivity contribution in [1.82, 2.24) is 4.90 Å². The van der Waals surface area contributed by atoms with Crippen LogP contribution < -0.4 is 0 Å². The first-order valence-electron chi connectivity index (χ1n) is 9.44. The van der Waals surface area contributed by atoms with Crippen LogP contribution in [0, 0.1) is 11.8 Å². The molecule has 2 aromatic rings. The summed E-state index contributed by atoms with van der Waals surface area (Å²) >= 11 is 0. The monoisotopic (exact) mass is 381 g/mol. The number of carbonyl (C=O) groups is 2. The van der Waals surface area contributed by atoms with E-state index in [0.29, 0.717) is 11.1 Å². The Morgan fingerprint density at radius 1 is 1.00 bits per heavy atom. The summed E-state index contributed by atoms with van der Waals surface area (Å²) in [6.45, 7) is 6.02. The van der Waals surface area contributed by atoms with E-state index in [4.69, 9.17) is 4.74 Å². The molecule has 0 spiro atoms. The van der Waals surface area contributed by atoms with Crippen LogP contribution in [0.25, 0.3) is 0 Å². The third-order valence-corrected chi connectivity index (χ3v) is 5.54. The van der Waals surface area contributed by atoms with Gasteiger partial charge in [-0.2, -0.15) is 0 Å². The fraction of sp³-hybridized carbons (Fsp3) is 0.391. The maximum absolute atomic E-state index is 13.2. The first kappa shape index (κ1) is 20.1. The number of ether oxygens (including phenoxy) is 1. The lowest BCUT2D eigenvalue weighted by Crippen LogP contribution is -2.44. The molecule has 2 aromatic carbocycles. The number of benzene rings is 2. The molecule has 1 heterocycles. The van der Waals surface area contributed by atoms with Crippen molar-refractivity contribution in [3.05, 3.63) is 71.8 Å². The molecule has 0 aromatic heterocycles. The predicted molar refractivity (Wildman–Crippen MR) is 106 cm³/mol. The normalized spacial score (nSPS) is 20.3. The molecule has 1 amide bonds. The van der Waals surface area contributed by atoms with Gasteiger partial charge in [-0.3, -0.25) is 9.59 Å². The van der Waals surface area contributed by atoms with Gasteiger partial charge in [0.15, 0.2) is 0 Å². The Labute approximate surface area is 165 Å². The Bertz CT molecular complexity index is 802. The maximum atomic E-state index is 13.2. The van der Waals surface area contributed by atoms with Gasteiger partial charge in [-0.25, -0.2) is 0 Å². The average molecular weight is 381 g/mol. The fourth-order valence-electron chi connectivity index (χ4n) is 4.08. The van der Waals surface area contributed by atoms with Crippen LogP contribution in [0.3, 0.4) is 0 Å². The van der Waals surface area contributed by atoms with Crippen LogP contribution in [0.1, 0.15) is 31.9 Å². The van der Waals surface area contributed by atoms with Crippen LogP contribution in [0.15, 0.2) is 60.7 Å². The molecule has 0 aliphatic carbocycles. The van der Waals surface area contributed by atoms with Gasteiger partial charge in [-0.1, -0.05) is 60.7 Å². The van der Waals surface area contributed by atoms with E-state index in [1.807, 2.05) is 81.4 Å². The van der Waals surface area contributed by atoms with Crippen LogP contribution in [0.2, 0.25) is 0 Å². The Kier molecular flexibility index (Phi) is 5.31. The highest BCUT2D eigenvalue weighted by molar-refractivity contribution is 6.00. The number of amides is 1. The number of aliphatic hydroxyl groups is 1. The SMILES string of the molecule is COC(=O)[C@H]1C(=O)N(C(C)(C)C)C[C@@H]1C(O)(c1ccccc1)c1ccccc1. The van der Waals surface area contributed by atoms with Crippen LogP contribution >= 0.6 is 0 Å². The van der Waals surface area contributed by atoms with Crippen LogP contribution in [0.4, 0.5) is 0 Å². The molecular weight excluding hydrogens is 354 g/mol. The predicted octanol–water partition coefficient (Wildman–Crippen LogP) is 2.97. The van der Waals surface area contributed by atoms with Crippen LogP contribution in [-0.4, -0.2) is 41.1 Å². The van der Waals surface area contributed by atoms with Gasteiger partial charge in [0.1, 0.15) is 11.5 Å². The summed E-state index contributed by atoms with van der Waals surface area (Å²) < 4.78 is 4.97. The van der Waals surface area contributed by atoms with Crippen molar-refractivity contribution in [3.8, 4) is 0 Å². The van der Waals surface area contributed by atoms with Gasteiger partial charge < -0.3 is 14.7 Å². The Hall–Kier alpha value is -2.66. The van der Waals surface area contributed by atoms with Gasteiger partial charge in [-0.15, -0.1) is 0 Å². The molecule has 1 N–H and O–H groups in total. The minimum absolute atomic E-state index is 0.252. The third kappa shape index (κ3) is 3.31. The van der Waals surface area contributed by atoms with E-state index in [9.17, 15) is 14.7 Å². The first-order valence-corrected chi connectivity index (χ1v) is 9.44. The standard InChI is InChI=1S/C23H27NO4/c1-22(2,3)24-15-18(19(20(24)25)21(26)28-4)23(27,16-11-7-5-8-12-16)17-13-9-6-10-14-17/h5-14,18-19,27H,15H2,1-4H3/t18-,19+/m0/s1. The van der Waals surface area contributed by atoms with Gasteiger partial charge in [0.05, 0.1) is 7.11 Å². The minimum atomic E-state index is -1.52. The summed E-state index contributed by atoms with van der Waals surface area (Å²) in [4.78, 5) is 27.5. The second-order valence-electron chi connectivity index (χ2n) is 8.23. The first-order chi connectivity index (χ1) is 13.2. The molecule has 1 aliphatic heterocycles. The second-order valence-corrected chi connectivity index (χ2v) is 8.23. The van der Waals surface area contributed by atoms with E-state index >= 15 is 0 Å². The summed E-state index contributed by atoms with van der Waals surface area (Å²) in [5.74, 6) is -2.69. The number of likely N-dealkylation sites (tertiary alicyclic amines) is 1. The Morgan fingerprint density at radius 2 is 1.46 bits per heavy atom. The smallest absolute Gasteiger partial charge is 0.318 e. The molecule has 1 aliphatic rings. The van der Waals surface area contributed by atoms with Crippen molar-refractivity contribution < 1.29 is 19.4 Å². The van der Waals surface area contributed by atoms with Gasteiger partial charge in [0, 0.05) is 18.0 Å². The maximum Gasteiger partial charge on any atom is 0.318 e. The van der Waals surface area contributed by atoms with E-state index in [-0.39, 0.29) is 12.5 Å². The average Bonchev–Trinajstić information content (AvgIpc) is 3.06. The summed E-state index contributed by atoms with van der Waals surface area (Å²) in [6, 6.07) is 18.4. The van der Waals surface area contributed by atoms with Gasteiger partial charge >= 0.3 is 5.97 Å². The summed E-state index contributed by atoms with van der Waals surface area (Å²) in [7, 11) is 1.27. The van der Waals surface area contributed by atoms with Gasteiger partial charge in [0.2, 0.25) is 5.91 Å². The van der Waals surface area contributed by atoms with Crippen molar-refractivity contribution >= 4 is 11.9 Å². The zero-order chi connectivity index (χ0) is 20.5. The van der Waals surface area contributed by atoms with E-state index in [1.54, 1.807) is 4.90 Å². The zero-order valence-corrected chi connectivity index (χ0v) is 16.8. The molecule has 5 nitrogen and oxygen atoms in total. The highest BCUT2D eigenvalue weighted by Gasteiger charge is 2.57. The highest BCUT2D eigenvalue weighted by Crippen LogP contribution is 2.46. The number of rotatable bonds is 4. The lowest BCUT2D eigenvalue weighted by Gasteiger charge is -2.37. The molecule has 148 valence electrons. The Balaban J connectivity index is 2.21. The van der Waals surface area contributed by atoms with Crippen molar-refractivity contribution in [2.45, 2.75) is 31.9 Å². The molecule has 0 unspecified atom stereocenters. The van der Waals surface area contributed by atoms with Gasteiger partial charge in [-0.05, 0) is 31.9 Å². The second kappa shape index (κ2) is 7.40. The molecule has 1 saturated heterocycles. The van der Waals surface area contributed by atoms with Crippen molar-refractivity contribution in [2.24, 2.45) is 11.8 Å². The van der Waals surface area contributed by atoms with Crippen molar-refractivity contribution in [2.75, 3.05) is 13.7 Å². The molecule has 28 heavy (non-hydrogen) atoms. The quantitative estimate of drug-likeness (QED) is 0.653. The minimum Gasteiger partial charge on any atom is -0.468 e. The van der Waals surface area contributed by atoms with E-state index in [1.165, 1.54) is 7.11 Å². The molecule has 1 fully saturated rings. The zero-order valence-electron chi connectivity index (χ0n) is 16.8. The molecular formula is C23H27NO4. The summed E-state index contributed by atoms with van der Waals surface area (Å²) in [6.07, 6.45) is 0. The van der Waals surface area contributed by atoms with Crippen molar-refractivity contribution in [3.63, 3.8) is 0 Å². The molecule has 2 atom stereocenters. The number of carbonyl (C=O) groups excluding carboxylic acids is 2. The molecule has 0 bridgehead atoms. The van der Waals surface area contributed by atoms with Gasteiger partial charge in [0.25, 0.3) is 0 Å². The molecule has 3 rings (SSSR count). The summed E-state index contributed by atoms with van der Waals surface area (Å²) in [5, 5.41) is 12.1. The Morgan fingerprint density at radius 3 is 1.86 bits per heavy atom. The van der Waals surface area contributed by atoms with Crippen LogP contribution in [0.5, 0.6) is 0 Å². The molecule has 5 heteroatoms. The summed E-state index contributed by atoms with van der Waals surface area (Å²) in [5.41, 5.74) is -0.712. The largest absolute Gasteiger partial charge is 0.468 e. The topological polar surface area (TPSA) is 66.8 Å². The molecule has 0 saturated carbocycles. The number of hydrogen-bond acceptors (Lipinski definition) is 4. The molecule has 0 radical (unpaired) electrons. The number of nitrogens with zero attached hydrogens (tertiary/aromatic N) is 1. The number of methoxy groups -OCH3 is 1. The fourth-order valence-corrected chi connectivity index (χ4v) is 4.08. The van der Waals surface area contributed by atoms with E-state index < -0.39 is 28.9 Å². The highest BCUT2D eigenvalue weighted by atomic mass is 16.5. The van der Waals surface area contributed by atoms with E-state index in [0.717, 1.165) is 0 Å². The van der Waals surface area contributed by atoms with Crippen molar-refractivity contribution in [1.29, 1.82) is 0 Å². The van der Waals surface area contributed by atoms with Crippen LogP contribution in [-0.2, 0) is 19.9 Å². The third-order valence-electron chi connectivity index (χ3n) is 5.54.